The van der Waals surface area contributed by atoms with E-state index in [1.54, 1.807) is 0 Å². The molecule has 21 heavy (non-hydrogen) atoms. The third-order valence-electron chi connectivity index (χ3n) is 4.68. The van der Waals surface area contributed by atoms with Crippen LogP contribution in [0.4, 0.5) is 0 Å². The van der Waals surface area contributed by atoms with Crippen molar-refractivity contribution in [2.24, 2.45) is 12.5 Å². The molecule has 120 valence electrons. The molecule has 0 aliphatic heterocycles. The number of aryl methyl sites for hydroxylation is 1. The van der Waals surface area contributed by atoms with Crippen molar-refractivity contribution in [3.63, 3.8) is 0 Å². The summed E-state index contributed by atoms with van der Waals surface area (Å²) < 4.78 is 1.90. The van der Waals surface area contributed by atoms with Crippen LogP contribution >= 0.6 is 0 Å². The van der Waals surface area contributed by atoms with E-state index in [9.17, 15) is 5.11 Å². The van der Waals surface area contributed by atoms with Crippen LogP contribution in [0.15, 0.2) is 6.20 Å². The van der Waals surface area contributed by atoms with Crippen molar-refractivity contribution in [3.05, 3.63) is 17.5 Å². The smallest absolute Gasteiger partial charge is 0.0722 e. The Hall–Kier alpha value is -0.870. The summed E-state index contributed by atoms with van der Waals surface area (Å²) in [4.78, 5) is 0. The highest BCUT2D eigenvalue weighted by Crippen LogP contribution is 2.35. The first-order valence-corrected chi connectivity index (χ1v) is 8.21. The van der Waals surface area contributed by atoms with Crippen molar-refractivity contribution in [1.82, 2.24) is 15.1 Å². The van der Waals surface area contributed by atoms with Gasteiger partial charge in [-0.2, -0.15) is 5.10 Å². The van der Waals surface area contributed by atoms with Gasteiger partial charge < -0.3 is 10.4 Å². The summed E-state index contributed by atoms with van der Waals surface area (Å²) in [6, 6.07) is 0. The molecule has 2 rings (SSSR count). The second-order valence-corrected chi connectivity index (χ2v) is 7.75. The molecule has 1 aliphatic rings. The summed E-state index contributed by atoms with van der Waals surface area (Å²) in [5.41, 5.74) is 2.60. The maximum absolute atomic E-state index is 9.77. The zero-order valence-corrected chi connectivity index (χ0v) is 14.1. The molecule has 1 aliphatic carbocycles. The molecule has 1 aromatic heterocycles. The monoisotopic (exact) mass is 293 g/mol. The van der Waals surface area contributed by atoms with Crippen molar-refractivity contribution >= 4 is 0 Å². The fourth-order valence-corrected chi connectivity index (χ4v) is 3.45. The lowest BCUT2D eigenvalue weighted by Gasteiger charge is -2.35. The molecule has 0 bridgehead atoms. The van der Waals surface area contributed by atoms with E-state index in [4.69, 9.17) is 0 Å². The Balaban J connectivity index is 1.97. The number of aromatic nitrogens is 2. The molecule has 0 saturated heterocycles. The first-order valence-electron chi connectivity index (χ1n) is 8.21. The fraction of sp³-hybridized carbons (Fsp3) is 0.824. The molecule has 0 unspecified atom stereocenters. The largest absolute Gasteiger partial charge is 0.396 e. The van der Waals surface area contributed by atoms with E-state index >= 15 is 0 Å². The average molecular weight is 293 g/mol. The SMILES string of the molecule is Cn1cc(CNCC2(CO)CCCCC2)c(C(C)(C)C)n1. The molecule has 1 heterocycles. The van der Waals surface area contributed by atoms with Gasteiger partial charge in [0.2, 0.25) is 0 Å². The Kier molecular flexibility index (Phi) is 5.10. The lowest BCUT2D eigenvalue weighted by atomic mass is 9.74. The normalized spacial score (nSPS) is 18.9. The quantitative estimate of drug-likeness (QED) is 0.877. The zero-order valence-electron chi connectivity index (χ0n) is 14.1. The topological polar surface area (TPSA) is 50.1 Å². The van der Waals surface area contributed by atoms with E-state index in [0.29, 0.717) is 6.61 Å². The van der Waals surface area contributed by atoms with Gasteiger partial charge in [0.05, 0.1) is 5.69 Å². The Morgan fingerprint density at radius 1 is 1.29 bits per heavy atom. The van der Waals surface area contributed by atoms with Crippen molar-refractivity contribution in [2.45, 2.75) is 64.8 Å². The van der Waals surface area contributed by atoms with Crippen LogP contribution < -0.4 is 5.32 Å². The second-order valence-electron chi connectivity index (χ2n) is 7.75. The van der Waals surface area contributed by atoms with Crippen LogP contribution in [0.5, 0.6) is 0 Å². The van der Waals surface area contributed by atoms with Gasteiger partial charge in [0.1, 0.15) is 0 Å². The average Bonchev–Trinajstić information content (AvgIpc) is 2.81. The highest BCUT2D eigenvalue weighted by Gasteiger charge is 2.31. The summed E-state index contributed by atoms with van der Waals surface area (Å²) in [7, 11) is 1.98. The predicted molar refractivity (Wildman–Crippen MR) is 86.2 cm³/mol. The summed E-state index contributed by atoms with van der Waals surface area (Å²) in [6.45, 7) is 8.66. The standard InChI is InChI=1S/C17H31N3O/c1-16(2,3)15-14(11-20(4)19-15)10-18-12-17(13-21)8-6-5-7-9-17/h11,18,21H,5-10,12-13H2,1-4H3. The fourth-order valence-electron chi connectivity index (χ4n) is 3.45. The van der Waals surface area contributed by atoms with Crippen LogP contribution in [0, 0.1) is 5.41 Å². The highest BCUT2D eigenvalue weighted by molar-refractivity contribution is 5.23. The van der Waals surface area contributed by atoms with Gasteiger partial charge in [0.15, 0.2) is 0 Å². The molecule has 2 N–H and O–H groups in total. The molecule has 0 spiro atoms. The Labute approximate surface area is 128 Å². The molecule has 0 amide bonds. The Bertz CT molecular complexity index is 453. The minimum absolute atomic E-state index is 0.0672. The maximum Gasteiger partial charge on any atom is 0.0722 e. The highest BCUT2D eigenvalue weighted by atomic mass is 16.3. The maximum atomic E-state index is 9.77. The van der Waals surface area contributed by atoms with E-state index in [1.165, 1.54) is 30.5 Å². The van der Waals surface area contributed by atoms with Gasteiger partial charge in [0.25, 0.3) is 0 Å². The van der Waals surface area contributed by atoms with E-state index in [0.717, 1.165) is 25.9 Å². The van der Waals surface area contributed by atoms with E-state index in [2.05, 4.69) is 37.4 Å². The van der Waals surface area contributed by atoms with E-state index < -0.39 is 0 Å². The predicted octanol–water partition coefficient (Wildman–Crippen LogP) is 2.75. The van der Waals surface area contributed by atoms with Gasteiger partial charge in [-0.05, 0) is 12.8 Å². The first-order chi connectivity index (χ1) is 9.86. The van der Waals surface area contributed by atoms with Gasteiger partial charge in [-0.1, -0.05) is 40.0 Å². The number of hydrogen-bond donors (Lipinski definition) is 2. The van der Waals surface area contributed by atoms with Crippen LogP contribution in [0.3, 0.4) is 0 Å². The molecule has 1 saturated carbocycles. The summed E-state index contributed by atoms with van der Waals surface area (Å²) >= 11 is 0. The van der Waals surface area contributed by atoms with Gasteiger partial charge in [0, 0.05) is 49.3 Å². The number of aliphatic hydroxyl groups is 1. The summed E-state index contributed by atoms with van der Waals surface area (Å²) in [5, 5.41) is 18.0. The molecule has 1 aromatic rings. The second kappa shape index (κ2) is 6.49. The minimum Gasteiger partial charge on any atom is -0.396 e. The number of rotatable bonds is 5. The van der Waals surface area contributed by atoms with Crippen molar-refractivity contribution in [1.29, 1.82) is 0 Å². The molecule has 0 radical (unpaired) electrons. The van der Waals surface area contributed by atoms with Crippen LogP contribution in [-0.2, 0) is 19.0 Å². The summed E-state index contributed by atoms with van der Waals surface area (Å²) in [6.07, 6.45) is 8.23. The van der Waals surface area contributed by atoms with Gasteiger partial charge in [-0.25, -0.2) is 0 Å². The molecule has 1 fully saturated rings. The Morgan fingerprint density at radius 2 is 1.95 bits per heavy atom. The van der Waals surface area contributed by atoms with Crippen molar-refractivity contribution < 1.29 is 5.11 Å². The van der Waals surface area contributed by atoms with Crippen LogP contribution in [0.2, 0.25) is 0 Å². The van der Waals surface area contributed by atoms with Crippen LogP contribution in [-0.4, -0.2) is 28.0 Å². The lowest BCUT2D eigenvalue weighted by molar-refractivity contribution is 0.0810. The molecule has 0 aromatic carbocycles. The number of aliphatic hydroxyl groups excluding tert-OH is 1. The zero-order chi connectivity index (χ0) is 15.5. The van der Waals surface area contributed by atoms with Crippen molar-refractivity contribution in [2.75, 3.05) is 13.2 Å². The molecule has 4 heteroatoms. The molecular weight excluding hydrogens is 262 g/mol. The number of nitrogens with zero attached hydrogens (tertiary/aromatic N) is 2. The van der Waals surface area contributed by atoms with Gasteiger partial charge >= 0.3 is 0 Å². The van der Waals surface area contributed by atoms with E-state index in [1.807, 2.05) is 11.7 Å². The molecule has 4 nitrogen and oxygen atoms in total. The molecular formula is C17H31N3O. The van der Waals surface area contributed by atoms with Crippen LogP contribution in [0.1, 0.15) is 64.1 Å². The summed E-state index contributed by atoms with van der Waals surface area (Å²) in [5.74, 6) is 0. The lowest BCUT2D eigenvalue weighted by Crippen LogP contribution is -2.39. The Morgan fingerprint density at radius 3 is 2.52 bits per heavy atom. The number of nitrogens with one attached hydrogen (secondary N) is 1. The van der Waals surface area contributed by atoms with E-state index in [-0.39, 0.29) is 10.8 Å². The first kappa shape index (κ1) is 16.5. The molecule has 0 atom stereocenters. The third-order valence-corrected chi connectivity index (χ3v) is 4.68. The van der Waals surface area contributed by atoms with Gasteiger partial charge in [-0.15, -0.1) is 0 Å². The van der Waals surface area contributed by atoms with Gasteiger partial charge in [-0.3, -0.25) is 4.68 Å². The number of hydrogen-bond acceptors (Lipinski definition) is 3. The minimum atomic E-state index is 0.0672. The van der Waals surface area contributed by atoms with Crippen LogP contribution in [0.25, 0.3) is 0 Å². The van der Waals surface area contributed by atoms with Crippen molar-refractivity contribution in [3.8, 4) is 0 Å². The third kappa shape index (κ3) is 4.07.